The van der Waals surface area contributed by atoms with Crippen molar-refractivity contribution in [1.82, 2.24) is 15.5 Å². The Labute approximate surface area is 115 Å². The van der Waals surface area contributed by atoms with Crippen LogP contribution in [0.25, 0.3) is 0 Å². The van der Waals surface area contributed by atoms with E-state index >= 15 is 0 Å². The molecule has 104 valence electrons. The second-order valence-corrected chi connectivity index (χ2v) is 5.38. The molecule has 19 heavy (non-hydrogen) atoms. The van der Waals surface area contributed by atoms with E-state index in [0.29, 0.717) is 18.7 Å². The van der Waals surface area contributed by atoms with Crippen molar-refractivity contribution >= 4 is 5.96 Å². The fourth-order valence-corrected chi connectivity index (χ4v) is 2.69. The third kappa shape index (κ3) is 3.26. The molecule has 0 amide bonds. The van der Waals surface area contributed by atoms with Crippen LogP contribution in [0.5, 0.6) is 0 Å². The summed E-state index contributed by atoms with van der Waals surface area (Å²) in [5.41, 5.74) is 2.86. The highest BCUT2D eigenvalue weighted by Crippen LogP contribution is 2.34. The SMILES string of the molecule is CCC1c2ccccc2CN1CNC(=N)NC(C)C. The molecule has 0 radical (unpaired) electrons. The lowest BCUT2D eigenvalue weighted by Crippen LogP contribution is -2.44. The van der Waals surface area contributed by atoms with Crippen molar-refractivity contribution in [2.24, 2.45) is 0 Å². The Morgan fingerprint density at radius 3 is 2.84 bits per heavy atom. The number of hydrogen-bond donors (Lipinski definition) is 3. The zero-order valence-corrected chi connectivity index (χ0v) is 12.0. The van der Waals surface area contributed by atoms with Crippen molar-refractivity contribution in [1.29, 1.82) is 5.41 Å². The van der Waals surface area contributed by atoms with E-state index in [9.17, 15) is 0 Å². The van der Waals surface area contributed by atoms with E-state index in [4.69, 9.17) is 5.41 Å². The number of guanidine groups is 1. The summed E-state index contributed by atoms with van der Waals surface area (Å²) < 4.78 is 0. The zero-order valence-electron chi connectivity index (χ0n) is 12.0. The van der Waals surface area contributed by atoms with Gasteiger partial charge in [0, 0.05) is 18.6 Å². The van der Waals surface area contributed by atoms with Crippen LogP contribution in [0.4, 0.5) is 0 Å². The molecule has 4 heteroatoms. The molecule has 0 aliphatic carbocycles. The summed E-state index contributed by atoms with van der Waals surface area (Å²) in [6.45, 7) is 7.98. The molecule has 0 aromatic heterocycles. The lowest BCUT2D eigenvalue weighted by molar-refractivity contribution is 0.205. The van der Waals surface area contributed by atoms with Gasteiger partial charge in [0.1, 0.15) is 0 Å². The minimum Gasteiger partial charge on any atom is -0.354 e. The average molecular weight is 260 g/mol. The van der Waals surface area contributed by atoms with Gasteiger partial charge in [0.05, 0.1) is 6.67 Å². The number of rotatable bonds is 4. The highest BCUT2D eigenvalue weighted by molar-refractivity contribution is 5.76. The first-order chi connectivity index (χ1) is 9.11. The smallest absolute Gasteiger partial charge is 0.189 e. The van der Waals surface area contributed by atoms with Gasteiger partial charge in [-0.15, -0.1) is 0 Å². The highest BCUT2D eigenvalue weighted by Gasteiger charge is 2.27. The largest absolute Gasteiger partial charge is 0.354 e. The molecular formula is C15H24N4. The Hall–Kier alpha value is -1.55. The third-order valence-corrected chi connectivity index (χ3v) is 3.51. The molecule has 1 aliphatic heterocycles. The van der Waals surface area contributed by atoms with Gasteiger partial charge in [-0.05, 0) is 31.4 Å². The number of hydrogen-bond acceptors (Lipinski definition) is 2. The molecule has 3 N–H and O–H groups in total. The monoisotopic (exact) mass is 260 g/mol. The lowest BCUT2D eigenvalue weighted by atomic mass is 10.0. The molecule has 1 aromatic rings. The third-order valence-electron chi connectivity index (χ3n) is 3.51. The number of nitrogens with zero attached hydrogens (tertiary/aromatic N) is 1. The summed E-state index contributed by atoms with van der Waals surface area (Å²) >= 11 is 0. The molecular weight excluding hydrogens is 236 g/mol. The van der Waals surface area contributed by atoms with Crippen LogP contribution in [0, 0.1) is 5.41 Å². The summed E-state index contributed by atoms with van der Waals surface area (Å²) in [6.07, 6.45) is 1.10. The first-order valence-electron chi connectivity index (χ1n) is 7.02. The molecule has 0 bridgehead atoms. The number of fused-ring (bicyclic) bond motifs is 1. The van der Waals surface area contributed by atoms with Crippen LogP contribution in [0.15, 0.2) is 24.3 Å². The van der Waals surface area contributed by atoms with Gasteiger partial charge in [-0.25, -0.2) is 0 Å². The van der Waals surface area contributed by atoms with Crippen LogP contribution in [0.2, 0.25) is 0 Å². The van der Waals surface area contributed by atoms with Gasteiger partial charge in [-0.1, -0.05) is 31.2 Å². The van der Waals surface area contributed by atoms with Crippen molar-refractivity contribution in [3.63, 3.8) is 0 Å². The molecule has 1 unspecified atom stereocenters. The van der Waals surface area contributed by atoms with E-state index in [1.807, 2.05) is 13.8 Å². The Morgan fingerprint density at radius 1 is 1.42 bits per heavy atom. The van der Waals surface area contributed by atoms with Crippen molar-refractivity contribution < 1.29 is 0 Å². The van der Waals surface area contributed by atoms with E-state index < -0.39 is 0 Å². The molecule has 0 saturated heterocycles. The summed E-state index contributed by atoms with van der Waals surface area (Å²) in [6, 6.07) is 9.40. The molecule has 1 aliphatic rings. The van der Waals surface area contributed by atoms with Gasteiger partial charge in [0.15, 0.2) is 5.96 Å². The van der Waals surface area contributed by atoms with Gasteiger partial charge in [0.2, 0.25) is 0 Å². The fraction of sp³-hybridized carbons (Fsp3) is 0.533. The van der Waals surface area contributed by atoms with E-state index in [0.717, 1.165) is 13.0 Å². The normalized spacial score (nSPS) is 18.4. The quantitative estimate of drug-likeness (QED) is 0.575. The first-order valence-corrected chi connectivity index (χ1v) is 7.02. The summed E-state index contributed by atoms with van der Waals surface area (Å²) in [7, 11) is 0. The fourth-order valence-electron chi connectivity index (χ4n) is 2.69. The number of benzene rings is 1. The molecule has 0 saturated carbocycles. The molecule has 1 heterocycles. The predicted octanol–water partition coefficient (Wildman–Crippen LogP) is 2.43. The molecule has 1 atom stereocenters. The second kappa shape index (κ2) is 6.06. The van der Waals surface area contributed by atoms with Gasteiger partial charge in [-0.3, -0.25) is 10.3 Å². The Bertz CT molecular complexity index is 442. The van der Waals surface area contributed by atoms with Crippen molar-refractivity contribution in [2.75, 3.05) is 6.67 Å². The molecule has 0 spiro atoms. The number of nitrogens with one attached hydrogen (secondary N) is 3. The van der Waals surface area contributed by atoms with Crippen molar-refractivity contribution in [2.45, 2.75) is 45.8 Å². The maximum absolute atomic E-state index is 7.82. The van der Waals surface area contributed by atoms with Crippen LogP contribution in [-0.2, 0) is 6.54 Å². The van der Waals surface area contributed by atoms with E-state index in [1.54, 1.807) is 0 Å². The summed E-state index contributed by atoms with van der Waals surface area (Å²) in [5.74, 6) is 0.404. The van der Waals surface area contributed by atoms with Crippen molar-refractivity contribution in [3.05, 3.63) is 35.4 Å². The van der Waals surface area contributed by atoms with Gasteiger partial charge in [-0.2, -0.15) is 0 Å². The summed E-state index contributed by atoms with van der Waals surface area (Å²) in [4.78, 5) is 2.39. The average Bonchev–Trinajstić information content (AvgIpc) is 2.73. The molecule has 0 fully saturated rings. The Kier molecular flexibility index (Phi) is 4.43. The van der Waals surface area contributed by atoms with Crippen LogP contribution < -0.4 is 10.6 Å². The van der Waals surface area contributed by atoms with Crippen LogP contribution in [-0.4, -0.2) is 23.6 Å². The topological polar surface area (TPSA) is 51.2 Å². The van der Waals surface area contributed by atoms with E-state index in [-0.39, 0.29) is 6.04 Å². The van der Waals surface area contributed by atoms with E-state index in [2.05, 4.69) is 46.7 Å². The van der Waals surface area contributed by atoms with Crippen LogP contribution in [0.3, 0.4) is 0 Å². The van der Waals surface area contributed by atoms with Crippen LogP contribution >= 0.6 is 0 Å². The predicted molar refractivity (Wildman–Crippen MR) is 79.0 cm³/mol. The zero-order chi connectivity index (χ0) is 13.8. The van der Waals surface area contributed by atoms with Crippen molar-refractivity contribution in [3.8, 4) is 0 Å². The second-order valence-electron chi connectivity index (χ2n) is 5.38. The van der Waals surface area contributed by atoms with Gasteiger partial charge in [0.25, 0.3) is 0 Å². The maximum atomic E-state index is 7.82. The van der Waals surface area contributed by atoms with Gasteiger partial charge < -0.3 is 10.6 Å². The first kappa shape index (κ1) is 13.9. The molecule has 1 aromatic carbocycles. The lowest BCUT2D eigenvalue weighted by Gasteiger charge is -2.25. The standard InChI is InChI=1S/C15H24N4/c1-4-14-13-8-6-5-7-12(13)9-19(14)10-17-15(16)18-11(2)3/h5-8,11,14H,4,9-10H2,1-3H3,(H3,16,17,18). The van der Waals surface area contributed by atoms with Gasteiger partial charge >= 0.3 is 0 Å². The van der Waals surface area contributed by atoms with Crippen LogP contribution in [0.1, 0.15) is 44.4 Å². The Morgan fingerprint density at radius 2 is 2.16 bits per heavy atom. The maximum Gasteiger partial charge on any atom is 0.189 e. The molecule has 2 rings (SSSR count). The minimum atomic E-state index is 0.290. The van der Waals surface area contributed by atoms with E-state index in [1.165, 1.54) is 11.1 Å². The summed E-state index contributed by atoms with van der Waals surface area (Å²) in [5, 5.41) is 14.0. The minimum absolute atomic E-state index is 0.290. The Balaban J connectivity index is 1.94. The highest BCUT2D eigenvalue weighted by atomic mass is 15.3. The molecule has 4 nitrogen and oxygen atoms in total.